The molecule has 0 atom stereocenters. The minimum atomic E-state index is -0.711. The quantitative estimate of drug-likeness (QED) is 0.600. The summed E-state index contributed by atoms with van der Waals surface area (Å²) in [6.45, 7) is 4.91. The molecule has 0 aliphatic rings. The van der Waals surface area contributed by atoms with Gasteiger partial charge in [-0.1, -0.05) is 6.07 Å². The van der Waals surface area contributed by atoms with Crippen molar-refractivity contribution in [1.29, 1.82) is 5.26 Å². The summed E-state index contributed by atoms with van der Waals surface area (Å²) in [6, 6.07) is 5.91. The van der Waals surface area contributed by atoms with Crippen LogP contribution in [0.3, 0.4) is 0 Å². The molecule has 0 amide bonds. The molecule has 0 fully saturated rings. The van der Waals surface area contributed by atoms with Crippen molar-refractivity contribution in [3.63, 3.8) is 0 Å². The smallest absolute Gasteiger partial charge is 0.290 e. The van der Waals surface area contributed by atoms with Crippen LogP contribution in [0, 0.1) is 26.9 Å². The molecule has 6 heteroatoms. The zero-order valence-electron chi connectivity index (χ0n) is 11.0. The maximum atomic E-state index is 11.4. The molecule has 0 saturated carbocycles. The Labute approximate surface area is 110 Å². The Bertz CT molecular complexity index is 558. The Balaban J connectivity index is 3.04. The molecule has 0 aliphatic carbocycles. The summed E-state index contributed by atoms with van der Waals surface area (Å²) >= 11 is 0. The first kappa shape index (κ1) is 14.6. The summed E-state index contributed by atoms with van der Waals surface area (Å²) in [4.78, 5) is 21.5. The van der Waals surface area contributed by atoms with Crippen molar-refractivity contribution < 1.29 is 14.5 Å². The Morgan fingerprint density at radius 1 is 1.53 bits per heavy atom. The van der Waals surface area contributed by atoms with E-state index in [1.807, 2.05) is 0 Å². The van der Waals surface area contributed by atoms with Crippen LogP contribution in [0.2, 0.25) is 0 Å². The number of carbonyl (C=O) groups is 1. The molecule has 1 rings (SSSR count). The van der Waals surface area contributed by atoms with E-state index < -0.39 is 10.3 Å². The number of Topliss-reactive ketones (excluding diaryl/α,β-unsaturated/α-hetero) is 1. The number of nitro benzene ring substituents is 1. The lowest BCUT2D eigenvalue weighted by atomic mass is 9.90. The first-order valence-electron chi connectivity index (χ1n) is 5.61. The average molecular weight is 262 g/mol. The minimum Gasteiger partial charge on any atom is -0.491 e. The van der Waals surface area contributed by atoms with Gasteiger partial charge in [-0.25, -0.2) is 0 Å². The van der Waals surface area contributed by atoms with Crippen LogP contribution in [0.15, 0.2) is 18.2 Å². The van der Waals surface area contributed by atoms with Crippen molar-refractivity contribution in [3.8, 4) is 11.8 Å². The predicted octanol–water partition coefficient (Wildman–Crippen LogP) is 2.46. The van der Waals surface area contributed by atoms with Gasteiger partial charge in [0, 0.05) is 6.07 Å². The molecule has 0 N–H and O–H groups in total. The highest BCUT2D eigenvalue weighted by Crippen LogP contribution is 2.29. The second kappa shape index (κ2) is 5.48. The highest BCUT2D eigenvalue weighted by Gasteiger charge is 2.26. The van der Waals surface area contributed by atoms with Gasteiger partial charge < -0.3 is 4.74 Å². The lowest BCUT2D eigenvalue weighted by Gasteiger charge is -2.21. The Hall–Kier alpha value is -2.42. The van der Waals surface area contributed by atoms with Gasteiger partial charge in [-0.15, -0.1) is 0 Å². The summed E-state index contributed by atoms with van der Waals surface area (Å²) in [7, 11) is 0. The topological polar surface area (TPSA) is 93.2 Å². The number of hydrogen-bond donors (Lipinski definition) is 0. The molecule has 0 radical (unpaired) electrons. The summed E-state index contributed by atoms with van der Waals surface area (Å²) in [5, 5.41) is 19.8. The minimum absolute atomic E-state index is 0.0538. The van der Waals surface area contributed by atoms with Crippen LogP contribution < -0.4 is 4.74 Å². The van der Waals surface area contributed by atoms with E-state index in [1.165, 1.54) is 25.1 Å². The largest absolute Gasteiger partial charge is 0.491 e. The van der Waals surface area contributed by atoms with E-state index >= 15 is 0 Å². The van der Waals surface area contributed by atoms with Gasteiger partial charge in [0.2, 0.25) is 0 Å². The van der Waals surface area contributed by atoms with Gasteiger partial charge in [0.25, 0.3) is 5.69 Å². The second-order valence-electron chi connectivity index (χ2n) is 4.75. The van der Waals surface area contributed by atoms with E-state index in [0.717, 1.165) is 0 Å². The number of hydrogen-bond acceptors (Lipinski definition) is 5. The zero-order valence-corrected chi connectivity index (χ0v) is 11.0. The number of ether oxygens (including phenoxy) is 1. The van der Waals surface area contributed by atoms with Crippen molar-refractivity contribution in [2.75, 3.05) is 6.61 Å². The second-order valence-corrected chi connectivity index (χ2v) is 4.75. The molecule has 0 aromatic heterocycles. The summed E-state index contributed by atoms with van der Waals surface area (Å²) in [5.74, 6) is 0.0578. The van der Waals surface area contributed by atoms with E-state index in [1.54, 1.807) is 19.9 Å². The van der Waals surface area contributed by atoms with Crippen LogP contribution in [0.1, 0.15) is 26.3 Å². The summed E-state index contributed by atoms with van der Waals surface area (Å²) in [6.07, 6.45) is 0. The number of nitro groups is 1. The van der Waals surface area contributed by atoms with Crippen LogP contribution in [-0.4, -0.2) is 17.3 Å². The maximum Gasteiger partial charge on any atom is 0.290 e. The number of benzene rings is 1. The van der Waals surface area contributed by atoms with Crippen molar-refractivity contribution in [1.82, 2.24) is 0 Å². The number of nitriles is 1. The normalized spacial score (nSPS) is 10.6. The molecule has 0 bridgehead atoms. The molecule has 6 nitrogen and oxygen atoms in total. The van der Waals surface area contributed by atoms with Gasteiger partial charge in [0.05, 0.1) is 10.3 Å². The number of ketones is 1. The third-order valence-electron chi connectivity index (χ3n) is 2.85. The third kappa shape index (κ3) is 3.28. The van der Waals surface area contributed by atoms with Crippen LogP contribution >= 0.6 is 0 Å². The Kier molecular flexibility index (Phi) is 4.22. The third-order valence-corrected chi connectivity index (χ3v) is 2.85. The average Bonchev–Trinajstić information content (AvgIpc) is 2.35. The van der Waals surface area contributed by atoms with Crippen LogP contribution in [0.4, 0.5) is 5.69 Å². The standard InChI is InChI=1S/C13H14N2O4/c1-9(16)13(2,3)8-19-12-6-4-5-11(15(17)18)10(12)7-14/h4-6H,8H2,1-3H3. The maximum absolute atomic E-state index is 11.4. The van der Waals surface area contributed by atoms with Crippen LogP contribution in [0.25, 0.3) is 0 Å². The fourth-order valence-electron chi connectivity index (χ4n) is 1.26. The molecular weight excluding hydrogens is 248 g/mol. The monoisotopic (exact) mass is 262 g/mol. The molecule has 1 aromatic carbocycles. The van der Waals surface area contributed by atoms with Crippen LogP contribution in [0.5, 0.6) is 5.75 Å². The molecule has 0 aliphatic heterocycles. The number of nitrogens with zero attached hydrogens (tertiary/aromatic N) is 2. The van der Waals surface area contributed by atoms with Crippen molar-refractivity contribution in [2.24, 2.45) is 5.41 Å². The SMILES string of the molecule is CC(=O)C(C)(C)COc1cccc([N+](=O)[O-])c1C#N. The summed E-state index contributed by atoms with van der Waals surface area (Å²) in [5.41, 5.74) is -1.15. The van der Waals surface area contributed by atoms with E-state index in [9.17, 15) is 14.9 Å². The molecule has 0 unspecified atom stereocenters. The number of carbonyl (C=O) groups excluding carboxylic acids is 1. The number of rotatable bonds is 5. The predicted molar refractivity (Wildman–Crippen MR) is 67.8 cm³/mol. The van der Waals surface area contributed by atoms with Crippen LogP contribution in [-0.2, 0) is 4.79 Å². The fraction of sp³-hybridized carbons (Fsp3) is 0.385. The molecule has 100 valence electrons. The highest BCUT2D eigenvalue weighted by atomic mass is 16.6. The van der Waals surface area contributed by atoms with Gasteiger partial charge in [-0.05, 0) is 26.8 Å². The molecule has 0 spiro atoms. The van der Waals surface area contributed by atoms with E-state index in [-0.39, 0.29) is 29.4 Å². The molecule has 19 heavy (non-hydrogen) atoms. The Morgan fingerprint density at radius 3 is 2.63 bits per heavy atom. The summed E-state index contributed by atoms with van der Waals surface area (Å²) < 4.78 is 5.40. The first-order chi connectivity index (χ1) is 8.79. The van der Waals surface area contributed by atoms with Gasteiger partial charge in [0.15, 0.2) is 5.56 Å². The van der Waals surface area contributed by atoms with E-state index in [4.69, 9.17) is 10.00 Å². The zero-order chi connectivity index (χ0) is 14.6. The van der Waals surface area contributed by atoms with Crippen molar-refractivity contribution >= 4 is 11.5 Å². The van der Waals surface area contributed by atoms with Gasteiger partial charge in [-0.2, -0.15) is 5.26 Å². The molecule has 0 heterocycles. The van der Waals surface area contributed by atoms with Crippen molar-refractivity contribution in [2.45, 2.75) is 20.8 Å². The van der Waals surface area contributed by atoms with Gasteiger partial charge in [0.1, 0.15) is 24.2 Å². The van der Waals surface area contributed by atoms with E-state index in [0.29, 0.717) is 0 Å². The lowest BCUT2D eigenvalue weighted by Crippen LogP contribution is -2.29. The lowest BCUT2D eigenvalue weighted by molar-refractivity contribution is -0.385. The fourth-order valence-corrected chi connectivity index (χ4v) is 1.26. The van der Waals surface area contributed by atoms with E-state index in [2.05, 4.69) is 0 Å². The van der Waals surface area contributed by atoms with Gasteiger partial charge >= 0.3 is 0 Å². The van der Waals surface area contributed by atoms with Crippen molar-refractivity contribution in [3.05, 3.63) is 33.9 Å². The molecule has 0 saturated heterocycles. The molecule has 1 aromatic rings. The Morgan fingerprint density at radius 2 is 2.16 bits per heavy atom. The highest BCUT2D eigenvalue weighted by molar-refractivity contribution is 5.81. The first-order valence-corrected chi connectivity index (χ1v) is 5.61. The van der Waals surface area contributed by atoms with Gasteiger partial charge in [-0.3, -0.25) is 14.9 Å². The molecular formula is C13H14N2O4.